The van der Waals surface area contributed by atoms with Gasteiger partial charge in [-0.15, -0.1) is 11.3 Å². The largest absolute Gasteiger partial charge is 0.269 e. The number of aryl methyl sites for hydroxylation is 1. The number of hydrogen-bond acceptors (Lipinski definition) is 2. The van der Waals surface area contributed by atoms with Gasteiger partial charge in [0, 0.05) is 23.2 Å². The van der Waals surface area contributed by atoms with Gasteiger partial charge in [-0.25, -0.2) is 0 Å². The Balaban J connectivity index is 2.04. The SMILES string of the molecule is Cc1csc(C2CC=NC=C2c2ccccc2)c1C. The van der Waals surface area contributed by atoms with Gasteiger partial charge in [-0.1, -0.05) is 30.3 Å². The standard InChI is InChI=1S/C17H17NS/c1-12-11-19-17(13(12)2)15-8-9-18-10-16(15)14-6-4-3-5-7-14/h3-7,9-11,15H,8H2,1-2H3. The molecule has 0 radical (unpaired) electrons. The molecular weight excluding hydrogens is 250 g/mol. The van der Waals surface area contributed by atoms with Crippen LogP contribution in [0.4, 0.5) is 0 Å². The van der Waals surface area contributed by atoms with Crippen molar-refractivity contribution >= 4 is 23.1 Å². The first-order chi connectivity index (χ1) is 9.27. The van der Waals surface area contributed by atoms with Gasteiger partial charge in [-0.05, 0) is 47.9 Å². The topological polar surface area (TPSA) is 12.4 Å². The Morgan fingerprint density at radius 1 is 1.16 bits per heavy atom. The summed E-state index contributed by atoms with van der Waals surface area (Å²) < 4.78 is 0. The monoisotopic (exact) mass is 267 g/mol. The normalized spacial score (nSPS) is 18.4. The molecule has 1 aliphatic rings. The second-order valence-corrected chi connectivity index (χ2v) is 5.89. The van der Waals surface area contributed by atoms with E-state index >= 15 is 0 Å². The minimum Gasteiger partial charge on any atom is -0.269 e. The van der Waals surface area contributed by atoms with Crippen molar-refractivity contribution in [1.29, 1.82) is 0 Å². The molecule has 1 atom stereocenters. The highest BCUT2D eigenvalue weighted by atomic mass is 32.1. The Morgan fingerprint density at radius 3 is 2.63 bits per heavy atom. The molecular formula is C17H17NS. The third-order valence-electron chi connectivity index (χ3n) is 3.78. The fourth-order valence-corrected chi connectivity index (χ4v) is 3.74. The van der Waals surface area contributed by atoms with Crippen molar-refractivity contribution in [2.75, 3.05) is 0 Å². The zero-order valence-electron chi connectivity index (χ0n) is 11.3. The summed E-state index contributed by atoms with van der Waals surface area (Å²) >= 11 is 1.88. The van der Waals surface area contributed by atoms with Crippen LogP contribution < -0.4 is 0 Å². The van der Waals surface area contributed by atoms with Crippen molar-refractivity contribution in [3.05, 3.63) is 63.5 Å². The zero-order chi connectivity index (χ0) is 13.2. The maximum Gasteiger partial charge on any atom is 0.0308 e. The molecule has 1 aromatic heterocycles. The highest BCUT2D eigenvalue weighted by Gasteiger charge is 2.23. The fourth-order valence-electron chi connectivity index (χ4n) is 2.54. The fraction of sp³-hybridized carbons (Fsp3) is 0.235. The van der Waals surface area contributed by atoms with Gasteiger partial charge in [-0.2, -0.15) is 0 Å². The van der Waals surface area contributed by atoms with Gasteiger partial charge in [0.1, 0.15) is 0 Å². The maximum atomic E-state index is 4.36. The summed E-state index contributed by atoms with van der Waals surface area (Å²) in [6, 6.07) is 10.6. The molecule has 3 rings (SSSR count). The predicted octanol–water partition coefficient (Wildman–Crippen LogP) is 4.96. The molecule has 96 valence electrons. The molecule has 2 heterocycles. The van der Waals surface area contributed by atoms with Crippen LogP contribution >= 0.6 is 11.3 Å². The molecule has 2 heteroatoms. The van der Waals surface area contributed by atoms with E-state index in [0.29, 0.717) is 5.92 Å². The molecule has 0 saturated carbocycles. The van der Waals surface area contributed by atoms with Gasteiger partial charge in [0.2, 0.25) is 0 Å². The van der Waals surface area contributed by atoms with E-state index in [0.717, 1.165) is 6.42 Å². The second kappa shape index (κ2) is 5.14. The van der Waals surface area contributed by atoms with Crippen LogP contribution in [0.2, 0.25) is 0 Å². The van der Waals surface area contributed by atoms with Crippen LogP contribution in [0, 0.1) is 13.8 Å². The van der Waals surface area contributed by atoms with Crippen molar-refractivity contribution in [1.82, 2.24) is 0 Å². The Bertz CT molecular complexity index is 635. The first-order valence-electron chi connectivity index (χ1n) is 6.59. The molecule has 19 heavy (non-hydrogen) atoms. The van der Waals surface area contributed by atoms with Gasteiger partial charge in [-0.3, -0.25) is 4.99 Å². The average Bonchev–Trinajstić information content (AvgIpc) is 2.80. The lowest BCUT2D eigenvalue weighted by Gasteiger charge is -2.21. The van der Waals surface area contributed by atoms with Crippen molar-refractivity contribution in [2.45, 2.75) is 26.2 Å². The van der Waals surface area contributed by atoms with Crippen LogP contribution in [0.5, 0.6) is 0 Å². The minimum absolute atomic E-state index is 0.457. The van der Waals surface area contributed by atoms with E-state index < -0.39 is 0 Å². The lowest BCUT2D eigenvalue weighted by molar-refractivity contribution is 0.920. The minimum atomic E-state index is 0.457. The molecule has 1 aromatic carbocycles. The number of benzene rings is 1. The second-order valence-electron chi connectivity index (χ2n) is 4.98. The summed E-state index contributed by atoms with van der Waals surface area (Å²) in [7, 11) is 0. The van der Waals surface area contributed by atoms with Crippen molar-refractivity contribution in [2.24, 2.45) is 4.99 Å². The highest BCUT2D eigenvalue weighted by Crippen LogP contribution is 2.41. The van der Waals surface area contributed by atoms with E-state index in [1.165, 1.54) is 27.1 Å². The molecule has 0 saturated heterocycles. The van der Waals surface area contributed by atoms with E-state index in [4.69, 9.17) is 0 Å². The van der Waals surface area contributed by atoms with Gasteiger partial charge >= 0.3 is 0 Å². The summed E-state index contributed by atoms with van der Waals surface area (Å²) in [5, 5.41) is 2.26. The number of aliphatic imine (C=N–C) groups is 1. The van der Waals surface area contributed by atoms with Crippen molar-refractivity contribution < 1.29 is 0 Å². The van der Waals surface area contributed by atoms with Crippen molar-refractivity contribution in [3.8, 4) is 0 Å². The van der Waals surface area contributed by atoms with Crippen LogP contribution in [-0.4, -0.2) is 6.21 Å². The average molecular weight is 267 g/mol. The van der Waals surface area contributed by atoms with Crippen molar-refractivity contribution in [3.63, 3.8) is 0 Å². The lowest BCUT2D eigenvalue weighted by Crippen LogP contribution is -2.06. The first kappa shape index (κ1) is 12.4. The van der Waals surface area contributed by atoms with Gasteiger partial charge in [0.25, 0.3) is 0 Å². The van der Waals surface area contributed by atoms with Crippen LogP contribution in [-0.2, 0) is 0 Å². The van der Waals surface area contributed by atoms with Crippen LogP contribution in [0.25, 0.3) is 5.57 Å². The highest BCUT2D eigenvalue weighted by molar-refractivity contribution is 7.10. The molecule has 2 aromatic rings. The Labute approximate surface area is 118 Å². The van der Waals surface area contributed by atoms with E-state index in [-0.39, 0.29) is 0 Å². The predicted molar refractivity (Wildman–Crippen MR) is 84.1 cm³/mol. The molecule has 0 amide bonds. The number of thiophene rings is 1. The van der Waals surface area contributed by atoms with E-state index in [1.807, 2.05) is 23.8 Å². The number of rotatable bonds is 2. The van der Waals surface area contributed by atoms with Crippen LogP contribution in [0.15, 0.2) is 46.9 Å². The maximum absolute atomic E-state index is 4.36. The Hall–Kier alpha value is -1.67. The summed E-state index contributed by atoms with van der Waals surface area (Å²) in [6.45, 7) is 4.42. The molecule has 0 bridgehead atoms. The van der Waals surface area contributed by atoms with Gasteiger partial charge in [0.15, 0.2) is 0 Å². The number of hydrogen-bond donors (Lipinski definition) is 0. The van der Waals surface area contributed by atoms with Crippen LogP contribution in [0.1, 0.15) is 33.9 Å². The summed E-state index contributed by atoms with van der Waals surface area (Å²) in [5.74, 6) is 0.457. The van der Waals surface area contributed by atoms with Crippen LogP contribution in [0.3, 0.4) is 0 Å². The van der Waals surface area contributed by atoms with E-state index in [9.17, 15) is 0 Å². The lowest BCUT2D eigenvalue weighted by atomic mass is 9.87. The summed E-state index contributed by atoms with van der Waals surface area (Å²) in [6.07, 6.45) is 5.06. The first-order valence-corrected chi connectivity index (χ1v) is 7.47. The molecule has 1 nitrogen and oxygen atoms in total. The molecule has 1 unspecified atom stereocenters. The molecule has 0 N–H and O–H groups in total. The Kier molecular flexibility index (Phi) is 3.34. The quantitative estimate of drug-likeness (QED) is 0.729. The van der Waals surface area contributed by atoms with E-state index in [1.54, 1.807) is 0 Å². The molecule has 1 aliphatic heterocycles. The summed E-state index contributed by atoms with van der Waals surface area (Å²) in [5.41, 5.74) is 5.46. The molecule has 0 aliphatic carbocycles. The molecule has 0 fully saturated rings. The Morgan fingerprint density at radius 2 is 1.95 bits per heavy atom. The number of allylic oxidation sites excluding steroid dienone is 1. The third kappa shape index (κ3) is 2.28. The number of nitrogens with zero attached hydrogens (tertiary/aromatic N) is 1. The zero-order valence-corrected chi connectivity index (χ0v) is 12.1. The summed E-state index contributed by atoms with van der Waals surface area (Å²) in [4.78, 5) is 5.85. The van der Waals surface area contributed by atoms with E-state index in [2.05, 4.69) is 54.6 Å². The van der Waals surface area contributed by atoms with Gasteiger partial charge < -0.3 is 0 Å². The van der Waals surface area contributed by atoms with Gasteiger partial charge in [0.05, 0.1) is 0 Å². The molecule has 0 spiro atoms. The smallest absolute Gasteiger partial charge is 0.0308 e. The third-order valence-corrected chi connectivity index (χ3v) is 5.10.